The summed E-state index contributed by atoms with van der Waals surface area (Å²) < 4.78 is 26.3. The third kappa shape index (κ3) is 2.79. The van der Waals surface area contributed by atoms with E-state index in [0.717, 1.165) is 6.07 Å². The van der Waals surface area contributed by atoms with Gasteiger partial charge in [-0.3, -0.25) is 4.79 Å². The smallest absolute Gasteiger partial charge is 0.255 e. The van der Waals surface area contributed by atoms with Crippen molar-refractivity contribution in [1.82, 2.24) is 0 Å². The number of aromatic hydroxyl groups is 1. The first-order valence-electron chi connectivity index (χ1n) is 5.32. The monoisotopic (exact) mass is 264 g/mol. The van der Waals surface area contributed by atoms with E-state index in [9.17, 15) is 18.7 Å². The number of nitrogens with one attached hydrogen (secondary N) is 1. The minimum atomic E-state index is -0.967. The SMILES string of the molecule is Nc1cc(F)cc(F)c1NC(=O)c1cccc(O)c1. The van der Waals surface area contributed by atoms with Gasteiger partial charge in [0.15, 0.2) is 5.82 Å². The van der Waals surface area contributed by atoms with Gasteiger partial charge < -0.3 is 16.2 Å². The van der Waals surface area contributed by atoms with Crippen LogP contribution in [0.15, 0.2) is 36.4 Å². The normalized spacial score (nSPS) is 10.2. The average Bonchev–Trinajstić information content (AvgIpc) is 2.33. The first-order chi connectivity index (χ1) is 8.97. The summed E-state index contributed by atoms with van der Waals surface area (Å²) in [5.41, 5.74) is 5.05. The number of nitrogens with two attached hydrogens (primary N) is 1. The van der Waals surface area contributed by atoms with Crippen LogP contribution in [0.25, 0.3) is 0 Å². The van der Waals surface area contributed by atoms with Gasteiger partial charge in [0.1, 0.15) is 17.3 Å². The summed E-state index contributed by atoms with van der Waals surface area (Å²) in [5.74, 6) is -2.55. The molecule has 2 aromatic carbocycles. The Kier molecular flexibility index (Phi) is 3.33. The molecule has 1 amide bonds. The molecule has 0 radical (unpaired) electrons. The van der Waals surface area contributed by atoms with E-state index in [-0.39, 0.29) is 22.7 Å². The van der Waals surface area contributed by atoms with Crippen LogP contribution in [-0.2, 0) is 0 Å². The third-order valence-electron chi connectivity index (χ3n) is 2.43. The van der Waals surface area contributed by atoms with E-state index >= 15 is 0 Å². The molecule has 2 aromatic rings. The maximum atomic E-state index is 13.5. The predicted octanol–water partition coefficient (Wildman–Crippen LogP) is 2.50. The highest BCUT2D eigenvalue weighted by Crippen LogP contribution is 2.24. The summed E-state index contributed by atoms with van der Waals surface area (Å²) in [6.45, 7) is 0. The van der Waals surface area contributed by atoms with Crippen LogP contribution >= 0.6 is 0 Å². The lowest BCUT2D eigenvalue weighted by Gasteiger charge is -2.09. The number of carbonyl (C=O) groups is 1. The molecule has 0 heterocycles. The van der Waals surface area contributed by atoms with Crippen molar-refractivity contribution in [3.05, 3.63) is 53.6 Å². The van der Waals surface area contributed by atoms with E-state index in [1.54, 1.807) is 0 Å². The van der Waals surface area contributed by atoms with Crippen LogP contribution in [0.2, 0.25) is 0 Å². The van der Waals surface area contributed by atoms with Gasteiger partial charge in [-0.05, 0) is 24.3 Å². The highest BCUT2D eigenvalue weighted by Gasteiger charge is 2.13. The molecule has 2 rings (SSSR count). The van der Waals surface area contributed by atoms with Gasteiger partial charge in [-0.1, -0.05) is 6.07 Å². The fraction of sp³-hybridized carbons (Fsp3) is 0. The Morgan fingerprint density at radius 2 is 1.95 bits per heavy atom. The first-order valence-corrected chi connectivity index (χ1v) is 5.32. The highest BCUT2D eigenvalue weighted by molar-refractivity contribution is 6.06. The maximum Gasteiger partial charge on any atom is 0.255 e. The zero-order valence-corrected chi connectivity index (χ0v) is 9.65. The molecule has 0 aromatic heterocycles. The van der Waals surface area contributed by atoms with E-state index in [0.29, 0.717) is 6.07 Å². The van der Waals surface area contributed by atoms with Crippen molar-refractivity contribution in [3.8, 4) is 5.75 Å². The van der Waals surface area contributed by atoms with Crippen LogP contribution in [0.3, 0.4) is 0 Å². The molecule has 0 aliphatic heterocycles. The molecule has 19 heavy (non-hydrogen) atoms. The number of halogens is 2. The van der Waals surface area contributed by atoms with E-state index in [4.69, 9.17) is 5.73 Å². The number of hydrogen-bond acceptors (Lipinski definition) is 3. The number of phenols is 1. The zero-order valence-electron chi connectivity index (χ0n) is 9.65. The fourth-order valence-electron chi connectivity index (χ4n) is 1.56. The second-order valence-corrected chi connectivity index (χ2v) is 3.86. The molecule has 0 atom stereocenters. The molecule has 4 N–H and O–H groups in total. The summed E-state index contributed by atoms with van der Waals surface area (Å²) in [5, 5.41) is 11.5. The van der Waals surface area contributed by atoms with E-state index in [1.165, 1.54) is 24.3 Å². The number of nitrogen functional groups attached to an aromatic ring is 1. The lowest BCUT2D eigenvalue weighted by molar-refractivity contribution is 0.102. The van der Waals surface area contributed by atoms with Crippen LogP contribution in [0.5, 0.6) is 5.75 Å². The summed E-state index contributed by atoms with van der Waals surface area (Å²) in [6.07, 6.45) is 0. The Hall–Kier alpha value is -2.63. The Morgan fingerprint density at radius 3 is 2.58 bits per heavy atom. The minimum Gasteiger partial charge on any atom is -0.508 e. The minimum absolute atomic E-state index is 0.0970. The van der Waals surface area contributed by atoms with E-state index < -0.39 is 17.5 Å². The summed E-state index contributed by atoms with van der Waals surface area (Å²) in [7, 11) is 0. The molecule has 0 saturated heterocycles. The van der Waals surface area contributed by atoms with Crippen molar-refractivity contribution in [2.75, 3.05) is 11.1 Å². The van der Waals surface area contributed by atoms with Crippen LogP contribution < -0.4 is 11.1 Å². The number of benzene rings is 2. The van der Waals surface area contributed by atoms with Crippen molar-refractivity contribution in [2.45, 2.75) is 0 Å². The van der Waals surface area contributed by atoms with Crippen molar-refractivity contribution in [3.63, 3.8) is 0 Å². The van der Waals surface area contributed by atoms with Crippen LogP contribution in [-0.4, -0.2) is 11.0 Å². The standard InChI is InChI=1S/C13H10F2N2O2/c14-8-5-10(15)12(11(16)6-8)17-13(19)7-2-1-3-9(18)4-7/h1-6,18H,16H2,(H,17,19). The summed E-state index contributed by atoms with van der Waals surface area (Å²) in [6, 6.07) is 7.04. The van der Waals surface area contributed by atoms with Crippen molar-refractivity contribution >= 4 is 17.3 Å². The second kappa shape index (κ2) is 4.93. The molecule has 6 heteroatoms. The van der Waals surface area contributed by atoms with Gasteiger partial charge in [-0.25, -0.2) is 8.78 Å². The largest absolute Gasteiger partial charge is 0.508 e. The Labute approximate surface area is 107 Å². The molecule has 0 saturated carbocycles. The third-order valence-corrected chi connectivity index (χ3v) is 2.43. The molecule has 0 unspecified atom stereocenters. The summed E-state index contributed by atoms with van der Waals surface area (Å²) >= 11 is 0. The Morgan fingerprint density at radius 1 is 1.21 bits per heavy atom. The number of carbonyl (C=O) groups excluding carboxylic acids is 1. The molecular weight excluding hydrogens is 254 g/mol. The number of amides is 1. The Bertz CT molecular complexity index is 621. The van der Waals surface area contributed by atoms with Gasteiger partial charge in [0.2, 0.25) is 0 Å². The lowest BCUT2D eigenvalue weighted by Crippen LogP contribution is -2.14. The average molecular weight is 264 g/mol. The lowest BCUT2D eigenvalue weighted by atomic mass is 10.2. The van der Waals surface area contributed by atoms with Gasteiger partial charge in [0, 0.05) is 11.6 Å². The molecule has 0 spiro atoms. The number of rotatable bonds is 2. The maximum absolute atomic E-state index is 13.5. The van der Waals surface area contributed by atoms with Gasteiger partial charge in [-0.15, -0.1) is 0 Å². The van der Waals surface area contributed by atoms with E-state index in [1.807, 2.05) is 0 Å². The highest BCUT2D eigenvalue weighted by atomic mass is 19.1. The molecule has 4 nitrogen and oxygen atoms in total. The first kappa shape index (κ1) is 12.8. The number of phenolic OH excluding ortho intramolecular Hbond substituents is 1. The van der Waals surface area contributed by atoms with Crippen molar-refractivity contribution < 1.29 is 18.7 Å². The van der Waals surface area contributed by atoms with Gasteiger partial charge >= 0.3 is 0 Å². The topological polar surface area (TPSA) is 75.3 Å². The second-order valence-electron chi connectivity index (χ2n) is 3.86. The van der Waals surface area contributed by atoms with Gasteiger partial charge in [0.05, 0.1) is 5.69 Å². The predicted molar refractivity (Wildman–Crippen MR) is 66.8 cm³/mol. The molecule has 0 bridgehead atoms. The van der Waals surface area contributed by atoms with Crippen LogP contribution in [0.1, 0.15) is 10.4 Å². The van der Waals surface area contributed by atoms with E-state index in [2.05, 4.69) is 5.32 Å². The summed E-state index contributed by atoms with van der Waals surface area (Å²) in [4.78, 5) is 11.8. The quantitative estimate of drug-likeness (QED) is 0.729. The number of anilines is 2. The van der Waals surface area contributed by atoms with Crippen LogP contribution in [0.4, 0.5) is 20.2 Å². The molecule has 0 fully saturated rings. The number of hydrogen-bond donors (Lipinski definition) is 3. The molecular formula is C13H10F2N2O2. The fourth-order valence-corrected chi connectivity index (χ4v) is 1.56. The zero-order chi connectivity index (χ0) is 14.0. The van der Waals surface area contributed by atoms with Crippen molar-refractivity contribution in [1.29, 1.82) is 0 Å². The molecule has 0 aliphatic carbocycles. The van der Waals surface area contributed by atoms with Gasteiger partial charge in [-0.2, -0.15) is 0 Å². The van der Waals surface area contributed by atoms with Crippen molar-refractivity contribution in [2.24, 2.45) is 0 Å². The molecule has 0 aliphatic rings. The Balaban J connectivity index is 2.29. The van der Waals surface area contributed by atoms with Gasteiger partial charge in [0.25, 0.3) is 5.91 Å². The van der Waals surface area contributed by atoms with Crippen LogP contribution in [0, 0.1) is 11.6 Å². The molecule has 98 valence electrons.